The van der Waals surface area contributed by atoms with Gasteiger partial charge in [0.1, 0.15) is 0 Å². The third kappa shape index (κ3) is 8.46. The van der Waals surface area contributed by atoms with E-state index in [1.165, 1.54) is 0 Å². The van der Waals surface area contributed by atoms with E-state index in [1.54, 1.807) is 0 Å². The molecule has 0 aliphatic heterocycles. The number of hydrogen-bond acceptors (Lipinski definition) is 2. The fraction of sp³-hybridized carbons (Fsp3) is 0. The summed E-state index contributed by atoms with van der Waals surface area (Å²) in [5, 5.41) is 0. The summed E-state index contributed by atoms with van der Waals surface area (Å²) in [6.45, 7) is 0. The van der Waals surface area contributed by atoms with Crippen LogP contribution in [0.5, 0.6) is 0 Å². The number of benzene rings is 2. The molecule has 0 fully saturated rings. The lowest BCUT2D eigenvalue weighted by molar-refractivity contribution is 1.26. The van der Waals surface area contributed by atoms with E-state index < -0.39 is 0 Å². The second kappa shape index (κ2) is 11.4. The minimum atomic E-state index is 2.00. The summed E-state index contributed by atoms with van der Waals surface area (Å²) < 4.78 is 0. The van der Waals surface area contributed by atoms with Gasteiger partial charge in [-0.25, -0.2) is 0 Å². The van der Waals surface area contributed by atoms with Crippen molar-refractivity contribution in [2.45, 2.75) is 0 Å². The number of hydrogen-bond donors (Lipinski definition) is 2. The molecule has 0 aromatic heterocycles. The zero-order valence-electron chi connectivity index (χ0n) is 8.08. The standard InChI is InChI=1S/2C6H6.H4N2/c2*1-2-4-6-5-3-1;1-2/h2*1-6H;1-2H2. The molecule has 0 aliphatic carbocycles. The van der Waals surface area contributed by atoms with Crippen LogP contribution in [0.3, 0.4) is 0 Å². The second-order valence-corrected chi connectivity index (χ2v) is 2.31. The van der Waals surface area contributed by atoms with E-state index in [0.717, 1.165) is 0 Å². The summed E-state index contributed by atoms with van der Waals surface area (Å²) in [5.74, 6) is 8.00. The van der Waals surface area contributed by atoms with Crippen molar-refractivity contribution in [1.29, 1.82) is 0 Å². The molecule has 0 saturated heterocycles. The Morgan fingerprint density at radius 3 is 0.429 bits per heavy atom. The maximum absolute atomic E-state index is 4.00. The Balaban J connectivity index is 0.000000206. The molecule has 4 N–H and O–H groups in total. The molecule has 0 unspecified atom stereocenters. The first-order valence-corrected chi connectivity index (χ1v) is 4.33. The van der Waals surface area contributed by atoms with Gasteiger partial charge in [-0.15, -0.1) is 0 Å². The van der Waals surface area contributed by atoms with Crippen LogP contribution in [0, 0.1) is 0 Å². The van der Waals surface area contributed by atoms with Crippen LogP contribution in [0.2, 0.25) is 0 Å². The average molecular weight is 188 g/mol. The van der Waals surface area contributed by atoms with Gasteiger partial charge in [-0.05, 0) is 0 Å². The SMILES string of the molecule is NN.c1ccccc1.c1ccccc1. The van der Waals surface area contributed by atoms with E-state index >= 15 is 0 Å². The second-order valence-electron chi connectivity index (χ2n) is 2.31. The van der Waals surface area contributed by atoms with Gasteiger partial charge in [0.2, 0.25) is 0 Å². The molecule has 14 heavy (non-hydrogen) atoms. The summed E-state index contributed by atoms with van der Waals surface area (Å²) in [6, 6.07) is 24.0. The molecule has 0 atom stereocenters. The fourth-order valence-corrected chi connectivity index (χ4v) is 0.770. The maximum Gasteiger partial charge on any atom is -0.0623 e. The van der Waals surface area contributed by atoms with Crippen molar-refractivity contribution >= 4 is 0 Å². The number of nitrogens with two attached hydrogens (primary N) is 2. The van der Waals surface area contributed by atoms with Crippen LogP contribution in [0.1, 0.15) is 0 Å². The maximum atomic E-state index is 4.00. The van der Waals surface area contributed by atoms with Gasteiger partial charge < -0.3 is 0 Å². The van der Waals surface area contributed by atoms with Gasteiger partial charge >= 0.3 is 0 Å². The summed E-state index contributed by atoms with van der Waals surface area (Å²) >= 11 is 0. The molecule has 0 radical (unpaired) electrons. The van der Waals surface area contributed by atoms with Crippen LogP contribution < -0.4 is 11.7 Å². The molecule has 74 valence electrons. The lowest BCUT2D eigenvalue weighted by Crippen LogP contribution is -2.02. The molecule has 0 saturated carbocycles. The predicted molar refractivity (Wildman–Crippen MR) is 61.3 cm³/mol. The molecule has 2 heteroatoms. The molecule has 2 rings (SSSR count). The van der Waals surface area contributed by atoms with Gasteiger partial charge in [0.15, 0.2) is 0 Å². The lowest BCUT2D eigenvalue weighted by Gasteiger charge is -1.69. The average Bonchev–Trinajstić information content (AvgIpc) is 2.37. The molecular weight excluding hydrogens is 172 g/mol. The third-order valence-electron chi connectivity index (χ3n) is 1.33. The smallest absolute Gasteiger partial charge is 0.0623 e. The van der Waals surface area contributed by atoms with Gasteiger partial charge in [-0.1, -0.05) is 72.8 Å². The summed E-state index contributed by atoms with van der Waals surface area (Å²) in [4.78, 5) is 0. The highest BCUT2D eigenvalue weighted by atomic mass is 15.0. The molecule has 0 bridgehead atoms. The summed E-state index contributed by atoms with van der Waals surface area (Å²) in [6.07, 6.45) is 0. The van der Waals surface area contributed by atoms with Crippen molar-refractivity contribution in [3.8, 4) is 0 Å². The Morgan fingerprint density at radius 1 is 0.286 bits per heavy atom. The zero-order chi connectivity index (χ0) is 10.5. The first-order valence-electron chi connectivity index (χ1n) is 4.33. The molecule has 0 amide bonds. The molecule has 0 aliphatic rings. The van der Waals surface area contributed by atoms with E-state index in [2.05, 4.69) is 11.7 Å². The largest absolute Gasteiger partial charge is 0.274 e. The monoisotopic (exact) mass is 188 g/mol. The highest BCUT2D eigenvalue weighted by molar-refractivity contribution is 4.99. The van der Waals surface area contributed by atoms with Crippen molar-refractivity contribution in [2.75, 3.05) is 0 Å². The predicted octanol–water partition coefficient (Wildman–Crippen LogP) is 2.19. The van der Waals surface area contributed by atoms with Crippen LogP contribution in [0.15, 0.2) is 72.8 Å². The van der Waals surface area contributed by atoms with Crippen molar-refractivity contribution in [1.82, 2.24) is 0 Å². The molecular formula is C12H16N2. The zero-order valence-corrected chi connectivity index (χ0v) is 8.08. The van der Waals surface area contributed by atoms with Crippen molar-refractivity contribution in [3.63, 3.8) is 0 Å². The fourth-order valence-electron chi connectivity index (χ4n) is 0.770. The van der Waals surface area contributed by atoms with Gasteiger partial charge in [0, 0.05) is 0 Å². The van der Waals surface area contributed by atoms with E-state index in [-0.39, 0.29) is 0 Å². The van der Waals surface area contributed by atoms with E-state index in [9.17, 15) is 0 Å². The number of rotatable bonds is 0. The van der Waals surface area contributed by atoms with Gasteiger partial charge in [-0.2, -0.15) is 0 Å². The van der Waals surface area contributed by atoms with Crippen LogP contribution >= 0.6 is 0 Å². The first kappa shape index (κ1) is 12.4. The van der Waals surface area contributed by atoms with Crippen molar-refractivity contribution in [2.24, 2.45) is 11.7 Å². The number of hydrazine groups is 1. The summed E-state index contributed by atoms with van der Waals surface area (Å²) in [5.41, 5.74) is 0. The van der Waals surface area contributed by atoms with Gasteiger partial charge in [0.05, 0.1) is 0 Å². The molecule has 2 nitrogen and oxygen atoms in total. The van der Waals surface area contributed by atoms with Crippen LogP contribution in [-0.2, 0) is 0 Å². The van der Waals surface area contributed by atoms with Crippen molar-refractivity contribution in [3.05, 3.63) is 72.8 Å². The van der Waals surface area contributed by atoms with Crippen LogP contribution in [0.25, 0.3) is 0 Å². The van der Waals surface area contributed by atoms with E-state index in [4.69, 9.17) is 0 Å². The normalized spacial score (nSPS) is 7.29. The Labute approximate surface area is 85.2 Å². The Hall–Kier alpha value is -1.64. The van der Waals surface area contributed by atoms with E-state index in [0.29, 0.717) is 0 Å². The summed E-state index contributed by atoms with van der Waals surface area (Å²) in [7, 11) is 0. The molecule has 0 heterocycles. The lowest BCUT2D eigenvalue weighted by atomic mass is 10.4. The van der Waals surface area contributed by atoms with Crippen molar-refractivity contribution < 1.29 is 0 Å². The molecule has 2 aromatic rings. The third-order valence-corrected chi connectivity index (χ3v) is 1.33. The Morgan fingerprint density at radius 2 is 0.357 bits per heavy atom. The van der Waals surface area contributed by atoms with Crippen LogP contribution in [-0.4, -0.2) is 0 Å². The van der Waals surface area contributed by atoms with Crippen LogP contribution in [0.4, 0.5) is 0 Å². The highest BCUT2D eigenvalue weighted by Gasteiger charge is 1.58. The minimum Gasteiger partial charge on any atom is -0.274 e. The highest BCUT2D eigenvalue weighted by Crippen LogP contribution is 1.80. The van der Waals surface area contributed by atoms with E-state index in [1.807, 2.05) is 72.8 Å². The Bertz CT molecular complexity index is 184. The Kier molecular flexibility index (Phi) is 10.0. The molecule has 0 spiro atoms. The first-order chi connectivity index (χ1) is 7.00. The topological polar surface area (TPSA) is 52.0 Å². The van der Waals surface area contributed by atoms with Gasteiger partial charge in [-0.3, -0.25) is 11.7 Å². The minimum absolute atomic E-state index is 2.00. The molecule has 2 aromatic carbocycles. The van der Waals surface area contributed by atoms with Gasteiger partial charge in [0.25, 0.3) is 0 Å². The quantitative estimate of drug-likeness (QED) is 0.492.